The average molecular weight is 360 g/mol. The number of aryl methyl sites for hydroxylation is 1. The van der Waals surface area contributed by atoms with E-state index in [1.54, 1.807) is 6.08 Å². The molecule has 1 saturated heterocycles. The summed E-state index contributed by atoms with van der Waals surface area (Å²) in [6, 6.07) is 19.6. The Balaban J connectivity index is 1.58. The molecule has 0 atom stereocenters. The number of carbonyl (C=O) groups is 2. The van der Waals surface area contributed by atoms with Gasteiger partial charge in [-0.2, -0.15) is 0 Å². The topological polar surface area (TPSA) is 50.3 Å². The molecule has 1 aliphatic rings. The summed E-state index contributed by atoms with van der Waals surface area (Å²) in [5, 5.41) is 1.98. The van der Waals surface area contributed by atoms with Crippen LogP contribution in [0, 0.1) is 6.92 Å². The van der Waals surface area contributed by atoms with Crippen molar-refractivity contribution < 1.29 is 9.59 Å². The molecule has 0 spiro atoms. The Labute approximate surface area is 155 Å². The molecule has 2 heterocycles. The van der Waals surface area contributed by atoms with Gasteiger partial charge >= 0.3 is 0 Å². The lowest BCUT2D eigenvalue weighted by Gasteiger charge is -2.13. The highest BCUT2D eigenvalue weighted by molar-refractivity contribution is 8.18. The van der Waals surface area contributed by atoms with E-state index in [1.165, 1.54) is 4.90 Å². The molecule has 4 rings (SSSR count). The summed E-state index contributed by atoms with van der Waals surface area (Å²) < 4.78 is 0. The molecule has 1 aliphatic heterocycles. The van der Waals surface area contributed by atoms with Crippen molar-refractivity contribution in [3.8, 4) is 0 Å². The van der Waals surface area contributed by atoms with Crippen LogP contribution in [0.4, 0.5) is 4.79 Å². The van der Waals surface area contributed by atoms with Crippen LogP contribution < -0.4 is 0 Å². The molecule has 2 aromatic carbocycles. The second-order valence-electron chi connectivity index (χ2n) is 6.15. The van der Waals surface area contributed by atoms with Crippen LogP contribution in [0.5, 0.6) is 0 Å². The van der Waals surface area contributed by atoms with E-state index in [2.05, 4.69) is 4.98 Å². The Morgan fingerprint density at radius 3 is 2.62 bits per heavy atom. The third-order valence-corrected chi connectivity index (χ3v) is 5.12. The molecular formula is C21H16N2O2S. The lowest BCUT2D eigenvalue weighted by atomic mass is 10.1. The van der Waals surface area contributed by atoms with Crippen LogP contribution >= 0.6 is 11.8 Å². The van der Waals surface area contributed by atoms with Gasteiger partial charge in [0.05, 0.1) is 17.1 Å². The molecule has 1 aromatic heterocycles. The van der Waals surface area contributed by atoms with Gasteiger partial charge in [0.15, 0.2) is 0 Å². The maximum absolute atomic E-state index is 12.7. The van der Waals surface area contributed by atoms with Gasteiger partial charge in [-0.1, -0.05) is 42.5 Å². The summed E-state index contributed by atoms with van der Waals surface area (Å²) in [7, 11) is 0. The zero-order valence-electron chi connectivity index (χ0n) is 14.2. The zero-order chi connectivity index (χ0) is 18.1. The number of hydrogen-bond acceptors (Lipinski definition) is 4. The SMILES string of the molecule is Cc1cccc(/C=C2\SC(=O)N(Cc3ccc4ccccc4c3)C2=O)n1. The first-order chi connectivity index (χ1) is 12.6. The minimum atomic E-state index is -0.267. The standard InChI is InChI=1S/C21H16N2O2S/c1-14-5-4-8-18(22-14)12-19-20(24)23(21(25)26-19)13-15-9-10-16-6-2-3-7-17(16)11-15/h2-12H,13H2,1H3/b19-12-. The second-order valence-corrected chi connectivity index (χ2v) is 7.15. The van der Waals surface area contributed by atoms with E-state index in [0.717, 1.165) is 33.8 Å². The van der Waals surface area contributed by atoms with Gasteiger partial charge in [0.1, 0.15) is 0 Å². The van der Waals surface area contributed by atoms with E-state index in [1.807, 2.05) is 67.6 Å². The van der Waals surface area contributed by atoms with Crippen molar-refractivity contribution in [1.29, 1.82) is 0 Å². The Hall–Kier alpha value is -2.92. The van der Waals surface area contributed by atoms with Gasteiger partial charge in [-0.05, 0) is 59.3 Å². The molecule has 4 nitrogen and oxygen atoms in total. The lowest BCUT2D eigenvalue weighted by Crippen LogP contribution is -2.27. The van der Waals surface area contributed by atoms with Gasteiger partial charge in [-0.3, -0.25) is 19.5 Å². The predicted molar refractivity (Wildman–Crippen MR) is 104 cm³/mol. The Morgan fingerprint density at radius 2 is 1.81 bits per heavy atom. The Morgan fingerprint density at radius 1 is 1.00 bits per heavy atom. The number of carbonyl (C=O) groups excluding carboxylic acids is 2. The van der Waals surface area contributed by atoms with Gasteiger partial charge < -0.3 is 0 Å². The highest BCUT2D eigenvalue weighted by Crippen LogP contribution is 2.33. The number of rotatable bonds is 3. The largest absolute Gasteiger partial charge is 0.293 e. The molecule has 128 valence electrons. The number of pyridine rings is 1. The minimum Gasteiger partial charge on any atom is -0.268 e. The molecule has 2 amide bonds. The number of thioether (sulfide) groups is 1. The molecule has 0 unspecified atom stereocenters. The van der Waals surface area contributed by atoms with E-state index in [0.29, 0.717) is 10.6 Å². The first-order valence-corrected chi connectivity index (χ1v) is 9.08. The summed E-state index contributed by atoms with van der Waals surface area (Å²) in [4.78, 5) is 31.1. The number of imide groups is 1. The first-order valence-electron chi connectivity index (χ1n) is 8.27. The van der Waals surface area contributed by atoms with Crippen LogP contribution in [0.3, 0.4) is 0 Å². The summed E-state index contributed by atoms with van der Waals surface area (Å²) >= 11 is 0.964. The van der Waals surface area contributed by atoms with Crippen molar-refractivity contribution in [2.24, 2.45) is 0 Å². The van der Waals surface area contributed by atoms with E-state index >= 15 is 0 Å². The van der Waals surface area contributed by atoms with E-state index in [9.17, 15) is 9.59 Å². The average Bonchev–Trinajstić information content (AvgIpc) is 2.89. The van der Waals surface area contributed by atoms with E-state index in [4.69, 9.17) is 0 Å². The lowest BCUT2D eigenvalue weighted by molar-refractivity contribution is -0.123. The Kier molecular flexibility index (Phi) is 4.31. The molecule has 26 heavy (non-hydrogen) atoms. The first kappa shape index (κ1) is 16.5. The van der Waals surface area contributed by atoms with Crippen LogP contribution in [0.1, 0.15) is 17.0 Å². The zero-order valence-corrected chi connectivity index (χ0v) is 15.0. The fraction of sp³-hybridized carbons (Fsp3) is 0.0952. The van der Waals surface area contributed by atoms with Gasteiger partial charge in [0.2, 0.25) is 0 Å². The number of fused-ring (bicyclic) bond motifs is 1. The van der Waals surface area contributed by atoms with Crippen molar-refractivity contribution in [3.63, 3.8) is 0 Å². The highest BCUT2D eigenvalue weighted by atomic mass is 32.2. The molecule has 3 aromatic rings. The molecule has 0 radical (unpaired) electrons. The molecule has 5 heteroatoms. The van der Waals surface area contributed by atoms with Gasteiger partial charge in [-0.15, -0.1) is 0 Å². The smallest absolute Gasteiger partial charge is 0.268 e. The monoisotopic (exact) mass is 360 g/mol. The normalized spacial score (nSPS) is 16.0. The van der Waals surface area contributed by atoms with Gasteiger partial charge in [-0.25, -0.2) is 0 Å². The molecular weight excluding hydrogens is 344 g/mol. The molecule has 1 fully saturated rings. The fourth-order valence-corrected chi connectivity index (χ4v) is 3.76. The van der Waals surface area contributed by atoms with Gasteiger partial charge in [0.25, 0.3) is 11.1 Å². The van der Waals surface area contributed by atoms with Gasteiger partial charge in [0, 0.05) is 5.69 Å². The van der Waals surface area contributed by atoms with Crippen LogP contribution in [0.25, 0.3) is 16.8 Å². The molecule has 0 saturated carbocycles. The van der Waals surface area contributed by atoms with Crippen LogP contribution in [-0.4, -0.2) is 21.0 Å². The quantitative estimate of drug-likeness (QED) is 0.631. The van der Waals surface area contributed by atoms with Crippen molar-refractivity contribution in [2.75, 3.05) is 0 Å². The third kappa shape index (κ3) is 3.26. The number of benzene rings is 2. The molecule has 0 bridgehead atoms. The highest BCUT2D eigenvalue weighted by Gasteiger charge is 2.35. The number of hydrogen-bond donors (Lipinski definition) is 0. The maximum Gasteiger partial charge on any atom is 0.293 e. The van der Waals surface area contributed by atoms with Crippen molar-refractivity contribution in [2.45, 2.75) is 13.5 Å². The summed E-state index contributed by atoms with van der Waals surface area (Å²) in [6.45, 7) is 2.16. The molecule has 0 aliphatic carbocycles. The predicted octanol–water partition coefficient (Wildman–Crippen LogP) is 4.78. The third-order valence-electron chi connectivity index (χ3n) is 4.22. The second kappa shape index (κ2) is 6.77. The van der Waals surface area contributed by atoms with Crippen molar-refractivity contribution >= 4 is 39.8 Å². The maximum atomic E-state index is 12.7. The number of amides is 2. The summed E-state index contributed by atoms with van der Waals surface area (Å²) in [5.74, 6) is -0.267. The number of aromatic nitrogens is 1. The van der Waals surface area contributed by atoms with Crippen LogP contribution in [0.15, 0.2) is 65.6 Å². The fourth-order valence-electron chi connectivity index (χ4n) is 2.93. The van der Waals surface area contributed by atoms with Crippen LogP contribution in [-0.2, 0) is 11.3 Å². The van der Waals surface area contributed by atoms with Crippen LogP contribution in [0.2, 0.25) is 0 Å². The van der Waals surface area contributed by atoms with Crippen molar-refractivity contribution in [1.82, 2.24) is 9.88 Å². The number of nitrogens with zero attached hydrogens (tertiary/aromatic N) is 2. The Bertz CT molecular complexity index is 1060. The molecule has 0 N–H and O–H groups in total. The van der Waals surface area contributed by atoms with E-state index in [-0.39, 0.29) is 17.7 Å². The van der Waals surface area contributed by atoms with E-state index < -0.39 is 0 Å². The van der Waals surface area contributed by atoms with Crippen molar-refractivity contribution in [3.05, 3.63) is 82.5 Å². The summed E-state index contributed by atoms with van der Waals surface area (Å²) in [5.41, 5.74) is 2.48. The summed E-state index contributed by atoms with van der Waals surface area (Å²) in [6.07, 6.45) is 1.68. The minimum absolute atomic E-state index is 0.248.